The van der Waals surface area contributed by atoms with Crippen LogP contribution in [-0.4, -0.2) is 50.9 Å². The Hall–Kier alpha value is -5.86. The van der Waals surface area contributed by atoms with Gasteiger partial charge >= 0.3 is 5.97 Å². The third kappa shape index (κ3) is 7.29. The largest absolute Gasteiger partial charge is 0.506 e. The molecule has 7 N–H and O–H groups in total. The number of carboxylic acid groups (broad SMARTS) is 1. The molecule has 2 heterocycles. The monoisotopic (exact) mass is 723 g/mol. The number of halogens is 1. The highest BCUT2D eigenvalue weighted by atomic mass is 32.1. The molecule has 0 fully saturated rings. The number of pyridine rings is 1. The van der Waals surface area contributed by atoms with E-state index in [1.165, 1.54) is 48.8 Å². The number of aliphatic hydroxyl groups is 2. The van der Waals surface area contributed by atoms with E-state index in [-0.39, 0.29) is 53.3 Å². The van der Waals surface area contributed by atoms with Gasteiger partial charge in [-0.1, -0.05) is 54.6 Å². The van der Waals surface area contributed by atoms with Crippen molar-refractivity contribution < 1.29 is 39.1 Å². The molecule has 13 heteroatoms. The molecule has 4 aromatic carbocycles. The van der Waals surface area contributed by atoms with E-state index in [9.17, 15) is 34.8 Å². The lowest BCUT2D eigenvalue weighted by Gasteiger charge is -2.25. The minimum absolute atomic E-state index is 0.0482. The Morgan fingerprint density at radius 1 is 0.942 bits per heavy atom. The van der Waals surface area contributed by atoms with E-state index in [1.807, 2.05) is 6.07 Å². The zero-order valence-corrected chi connectivity index (χ0v) is 28.5. The number of carbonyl (C=O) groups is 2. The van der Waals surface area contributed by atoms with Gasteiger partial charge in [-0.05, 0) is 59.2 Å². The van der Waals surface area contributed by atoms with E-state index in [1.54, 1.807) is 66.7 Å². The molecule has 266 valence electrons. The molecular formula is C39H34FN3O8S. The van der Waals surface area contributed by atoms with Gasteiger partial charge in [-0.25, -0.2) is 9.18 Å². The molecule has 2 atom stereocenters. The molecule has 0 aliphatic carbocycles. The van der Waals surface area contributed by atoms with Crippen LogP contribution in [0.15, 0.2) is 108 Å². The Labute approximate surface area is 300 Å². The van der Waals surface area contributed by atoms with E-state index in [4.69, 9.17) is 4.74 Å². The Balaban J connectivity index is 1.10. The average Bonchev–Trinajstić information content (AvgIpc) is 3.63. The minimum Gasteiger partial charge on any atom is -0.506 e. The summed E-state index contributed by atoms with van der Waals surface area (Å²) in [6, 6.07) is 26.7. The zero-order chi connectivity index (χ0) is 37.0. The van der Waals surface area contributed by atoms with E-state index in [2.05, 4.69) is 15.6 Å². The van der Waals surface area contributed by atoms with E-state index < -0.39 is 35.0 Å². The van der Waals surface area contributed by atoms with Crippen molar-refractivity contribution in [3.63, 3.8) is 0 Å². The standard InChI is InChI=1S/C39H34FN3O8S/c1-51-33-18-29(30(40)17-23(33)19-41-21-32(45)27-11-13-31(44)36-28(27)12-15-35(46)43-36)37(47)42-20-26-10-14-34(52-26)22-6-5-9-25(16-22)39(50,38(48)49)24-7-3-2-4-8-24/h2-18,32,41,44-45,50H,19-21H2,1H3,(H,42,47)(H,43,46)(H,48,49). The number of carboxylic acids is 1. The fraction of sp³-hybridized carbons (Fsp3) is 0.154. The highest BCUT2D eigenvalue weighted by Gasteiger charge is 2.40. The number of aliphatic hydroxyl groups excluding tert-OH is 1. The van der Waals surface area contributed by atoms with E-state index in [0.717, 1.165) is 9.75 Å². The lowest BCUT2D eigenvalue weighted by Crippen LogP contribution is -2.36. The van der Waals surface area contributed by atoms with Crippen molar-refractivity contribution >= 4 is 34.1 Å². The normalized spacial score (nSPS) is 13.0. The van der Waals surface area contributed by atoms with Crippen LogP contribution in [0.2, 0.25) is 0 Å². The molecule has 6 aromatic rings. The number of aromatic hydroxyl groups is 1. The number of amides is 1. The number of aromatic amines is 1. The number of ether oxygens (including phenoxy) is 1. The van der Waals surface area contributed by atoms with Crippen LogP contribution in [0.5, 0.6) is 11.5 Å². The summed E-state index contributed by atoms with van der Waals surface area (Å²) in [5.41, 5.74) is -0.678. The van der Waals surface area contributed by atoms with Gasteiger partial charge in [-0.15, -0.1) is 11.3 Å². The van der Waals surface area contributed by atoms with Gasteiger partial charge in [0.25, 0.3) is 5.91 Å². The highest BCUT2D eigenvalue weighted by molar-refractivity contribution is 7.15. The van der Waals surface area contributed by atoms with Gasteiger partial charge in [0, 0.05) is 45.4 Å². The first-order valence-corrected chi connectivity index (χ1v) is 16.9. The first-order valence-electron chi connectivity index (χ1n) is 16.1. The maximum atomic E-state index is 15.3. The molecule has 0 aliphatic heterocycles. The number of phenols is 1. The van der Waals surface area contributed by atoms with Crippen LogP contribution in [0.1, 0.15) is 43.6 Å². The lowest BCUT2D eigenvalue weighted by atomic mass is 9.85. The molecule has 0 radical (unpaired) electrons. The van der Waals surface area contributed by atoms with Gasteiger partial charge in [-0.2, -0.15) is 0 Å². The average molecular weight is 724 g/mol. The van der Waals surface area contributed by atoms with Crippen molar-refractivity contribution in [2.45, 2.75) is 24.8 Å². The first-order chi connectivity index (χ1) is 25.0. The van der Waals surface area contributed by atoms with Gasteiger partial charge in [0.2, 0.25) is 11.2 Å². The Kier molecular flexibility index (Phi) is 10.5. The fourth-order valence-corrected chi connectivity index (χ4v) is 6.92. The smallest absolute Gasteiger partial charge is 0.345 e. The Morgan fingerprint density at radius 2 is 1.71 bits per heavy atom. The number of aromatic nitrogens is 1. The molecule has 1 amide bonds. The van der Waals surface area contributed by atoms with Crippen LogP contribution in [0.3, 0.4) is 0 Å². The van der Waals surface area contributed by atoms with Crippen molar-refractivity contribution in [3.05, 3.63) is 152 Å². The number of fused-ring (bicyclic) bond motifs is 1. The number of methoxy groups -OCH3 is 1. The second-order valence-electron chi connectivity index (χ2n) is 12.0. The lowest BCUT2D eigenvalue weighted by molar-refractivity contribution is -0.155. The molecule has 6 rings (SSSR count). The summed E-state index contributed by atoms with van der Waals surface area (Å²) >= 11 is 1.35. The maximum Gasteiger partial charge on any atom is 0.345 e. The number of rotatable bonds is 13. The number of benzene rings is 4. The van der Waals surface area contributed by atoms with Gasteiger partial charge in [-0.3, -0.25) is 9.59 Å². The van der Waals surface area contributed by atoms with Gasteiger partial charge < -0.3 is 40.8 Å². The minimum atomic E-state index is -2.25. The molecule has 0 spiro atoms. The van der Waals surface area contributed by atoms with Crippen molar-refractivity contribution in [3.8, 4) is 21.9 Å². The van der Waals surface area contributed by atoms with Gasteiger partial charge in [0.15, 0.2) is 0 Å². The summed E-state index contributed by atoms with van der Waals surface area (Å²) in [6.07, 6.45) is -1.03. The molecule has 0 saturated carbocycles. The molecule has 0 aliphatic rings. The summed E-state index contributed by atoms with van der Waals surface area (Å²) < 4.78 is 20.7. The number of phenolic OH excluding ortho intramolecular Hbond substituents is 1. The highest BCUT2D eigenvalue weighted by Crippen LogP contribution is 2.35. The Morgan fingerprint density at radius 3 is 2.46 bits per heavy atom. The summed E-state index contributed by atoms with van der Waals surface area (Å²) in [6.45, 7) is 0.238. The molecule has 2 unspecified atom stereocenters. The molecule has 11 nitrogen and oxygen atoms in total. The zero-order valence-electron chi connectivity index (χ0n) is 27.7. The topological polar surface area (TPSA) is 181 Å². The quantitative estimate of drug-likeness (QED) is 0.0845. The second-order valence-corrected chi connectivity index (χ2v) is 13.2. The van der Waals surface area contributed by atoms with Crippen LogP contribution >= 0.6 is 11.3 Å². The van der Waals surface area contributed by atoms with Crippen LogP contribution < -0.4 is 20.9 Å². The van der Waals surface area contributed by atoms with Crippen LogP contribution in [0, 0.1) is 5.82 Å². The van der Waals surface area contributed by atoms with E-state index in [0.29, 0.717) is 22.1 Å². The van der Waals surface area contributed by atoms with Crippen LogP contribution in [-0.2, 0) is 23.5 Å². The van der Waals surface area contributed by atoms with Crippen molar-refractivity contribution in [1.29, 1.82) is 0 Å². The molecule has 0 bridgehead atoms. The van der Waals surface area contributed by atoms with Gasteiger partial charge in [0.1, 0.15) is 17.3 Å². The number of carbonyl (C=O) groups excluding carboxylic acids is 1. The molecule has 0 saturated heterocycles. The predicted molar refractivity (Wildman–Crippen MR) is 194 cm³/mol. The number of H-pyrrole nitrogens is 1. The summed E-state index contributed by atoms with van der Waals surface area (Å²) in [7, 11) is 1.40. The number of hydrogen-bond acceptors (Lipinski definition) is 9. The van der Waals surface area contributed by atoms with Crippen molar-refractivity contribution in [2.75, 3.05) is 13.7 Å². The van der Waals surface area contributed by atoms with Crippen molar-refractivity contribution in [1.82, 2.24) is 15.6 Å². The molecule has 52 heavy (non-hydrogen) atoms. The third-order valence-electron chi connectivity index (χ3n) is 8.68. The number of nitrogens with one attached hydrogen (secondary N) is 3. The van der Waals surface area contributed by atoms with Crippen molar-refractivity contribution in [2.24, 2.45) is 0 Å². The molecular weight excluding hydrogens is 690 g/mol. The fourth-order valence-electron chi connectivity index (χ4n) is 5.98. The summed E-state index contributed by atoms with van der Waals surface area (Å²) in [5, 5.41) is 48.5. The predicted octanol–water partition coefficient (Wildman–Crippen LogP) is 5.18. The molecule has 2 aromatic heterocycles. The van der Waals surface area contributed by atoms with E-state index >= 15 is 4.39 Å². The van der Waals surface area contributed by atoms with Gasteiger partial charge in [0.05, 0.1) is 30.8 Å². The number of thiophene rings is 1. The second kappa shape index (κ2) is 15.2. The third-order valence-corrected chi connectivity index (χ3v) is 9.82. The number of aliphatic carboxylic acids is 1. The Bertz CT molecular complexity index is 2330. The summed E-state index contributed by atoms with van der Waals surface area (Å²) in [5.74, 6) is -2.69. The first kappa shape index (κ1) is 35.9. The maximum absolute atomic E-state index is 15.3. The number of hydrogen-bond donors (Lipinski definition) is 7. The van der Waals surface area contributed by atoms with Crippen LogP contribution in [0.4, 0.5) is 4.39 Å². The summed E-state index contributed by atoms with van der Waals surface area (Å²) in [4.78, 5) is 41.1. The van der Waals surface area contributed by atoms with Crippen LogP contribution in [0.25, 0.3) is 21.3 Å². The SMILES string of the molecule is COc1cc(C(=O)NCc2ccc(-c3cccc(C(O)(C(=O)O)c4ccccc4)c3)s2)c(F)cc1CNCC(O)c1ccc(O)c2[nH]c(=O)ccc12.